The number of carbonyl (C=O) groups excluding carboxylic acids is 1. The highest BCUT2D eigenvalue weighted by Crippen LogP contribution is 2.21. The average molecular weight is 498 g/mol. The molecule has 27 heavy (non-hydrogen) atoms. The van der Waals surface area contributed by atoms with Gasteiger partial charge in [0, 0.05) is 30.1 Å². The minimum absolute atomic E-state index is 0. The molecule has 1 amide bonds. The van der Waals surface area contributed by atoms with E-state index in [1.807, 2.05) is 17.0 Å². The summed E-state index contributed by atoms with van der Waals surface area (Å²) in [5.74, 6) is 1.05. The molecule has 1 fully saturated rings. The first-order valence-electron chi connectivity index (χ1n) is 9.20. The van der Waals surface area contributed by atoms with Crippen LogP contribution < -0.4 is 15.5 Å². The highest BCUT2D eigenvalue weighted by atomic mass is 127. The summed E-state index contributed by atoms with van der Waals surface area (Å²) < 4.78 is 0. The van der Waals surface area contributed by atoms with E-state index in [1.54, 1.807) is 11.3 Å². The molecule has 7 heteroatoms. The zero-order valence-corrected chi connectivity index (χ0v) is 18.8. The van der Waals surface area contributed by atoms with Crippen molar-refractivity contribution in [1.29, 1.82) is 0 Å². The lowest BCUT2D eigenvalue weighted by Crippen LogP contribution is -2.36. The van der Waals surface area contributed by atoms with Gasteiger partial charge >= 0.3 is 0 Å². The number of benzene rings is 1. The largest absolute Gasteiger partial charge is 0.357 e. The van der Waals surface area contributed by atoms with Crippen LogP contribution in [0, 0.1) is 0 Å². The number of piperidine rings is 1. The molecule has 2 N–H and O–H groups in total. The molecule has 0 aliphatic carbocycles. The van der Waals surface area contributed by atoms with Crippen LogP contribution in [0.5, 0.6) is 0 Å². The van der Waals surface area contributed by atoms with Crippen molar-refractivity contribution in [2.75, 3.05) is 18.0 Å². The summed E-state index contributed by atoms with van der Waals surface area (Å²) >= 11 is 1.74. The minimum atomic E-state index is 0. The first-order chi connectivity index (χ1) is 12.8. The normalized spacial score (nSPS) is 14.6. The molecule has 146 valence electrons. The number of carbonyl (C=O) groups is 1. The van der Waals surface area contributed by atoms with Gasteiger partial charge in [0.25, 0.3) is 0 Å². The molecule has 2 heterocycles. The maximum absolute atomic E-state index is 12.0. The van der Waals surface area contributed by atoms with Gasteiger partial charge in [-0.3, -0.25) is 4.79 Å². The fourth-order valence-corrected chi connectivity index (χ4v) is 3.60. The van der Waals surface area contributed by atoms with E-state index in [-0.39, 0.29) is 29.9 Å². The molecule has 0 atom stereocenters. The molecule has 1 aliphatic heterocycles. The van der Waals surface area contributed by atoms with Crippen LogP contribution in [0.2, 0.25) is 0 Å². The second-order valence-electron chi connectivity index (χ2n) is 6.30. The molecule has 0 unspecified atom stereocenters. The summed E-state index contributed by atoms with van der Waals surface area (Å²) in [6.45, 7) is 5.10. The molecule has 0 spiro atoms. The van der Waals surface area contributed by atoms with Crippen molar-refractivity contribution in [2.45, 2.75) is 39.3 Å². The number of nitrogens with one attached hydrogen (secondary N) is 2. The molecule has 5 nitrogen and oxygen atoms in total. The van der Waals surface area contributed by atoms with Gasteiger partial charge in [0.2, 0.25) is 5.91 Å². The lowest BCUT2D eigenvalue weighted by Gasteiger charge is -2.26. The second kappa shape index (κ2) is 11.3. The Labute approximate surface area is 182 Å². The first kappa shape index (κ1) is 21.7. The van der Waals surface area contributed by atoms with Crippen molar-refractivity contribution in [3.05, 3.63) is 52.2 Å². The average Bonchev–Trinajstić information content (AvgIpc) is 3.19. The molecular weight excluding hydrogens is 471 g/mol. The Hall–Kier alpha value is -1.61. The van der Waals surface area contributed by atoms with Gasteiger partial charge in [-0.15, -0.1) is 35.3 Å². The number of nitrogens with zero attached hydrogens (tertiary/aromatic N) is 2. The van der Waals surface area contributed by atoms with Gasteiger partial charge in [-0.1, -0.05) is 18.2 Å². The predicted octanol–water partition coefficient (Wildman–Crippen LogP) is 4.14. The smallest absolute Gasteiger partial charge is 0.226 e. The number of halogens is 1. The molecule has 0 radical (unpaired) electrons. The Kier molecular flexibility index (Phi) is 9.06. The molecule has 0 bridgehead atoms. The monoisotopic (exact) mass is 498 g/mol. The van der Waals surface area contributed by atoms with Crippen LogP contribution in [0.3, 0.4) is 0 Å². The van der Waals surface area contributed by atoms with Gasteiger partial charge in [0.15, 0.2) is 5.96 Å². The number of amides is 1. The van der Waals surface area contributed by atoms with E-state index in [9.17, 15) is 4.79 Å². The Morgan fingerprint density at radius 1 is 1.19 bits per heavy atom. The van der Waals surface area contributed by atoms with Gasteiger partial charge in [-0.25, -0.2) is 4.99 Å². The van der Waals surface area contributed by atoms with Crippen molar-refractivity contribution in [3.8, 4) is 0 Å². The van der Waals surface area contributed by atoms with E-state index in [1.165, 1.54) is 4.88 Å². The van der Waals surface area contributed by atoms with E-state index >= 15 is 0 Å². The number of hydrogen-bond donors (Lipinski definition) is 2. The van der Waals surface area contributed by atoms with E-state index in [0.29, 0.717) is 13.0 Å². The molecule has 2 aromatic rings. The van der Waals surface area contributed by atoms with Crippen LogP contribution in [0.25, 0.3) is 0 Å². The first-order valence-corrected chi connectivity index (χ1v) is 10.1. The fraction of sp³-hybridized carbons (Fsp3) is 0.400. The third-order valence-corrected chi connectivity index (χ3v) is 5.22. The van der Waals surface area contributed by atoms with E-state index in [0.717, 1.165) is 49.7 Å². The lowest BCUT2D eigenvalue weighted by molar-refractivity contribution is -0.119. The SMILES string of the molecule is CCNC(=NCc1ccc(N2CCCCC2=O)cc1)NCc1cccs1.I. The van der Waals surface area contributed by atoms with Gasteiger partial charge in [-0.2, -0.15) is 0 Å². The molecule has 0 saturated carbocycles. The molecular formula is C20H27IN4OS. The van der Waals surface area contributed by atoms with Gasteiger partial charge in [0.05, 0.1) is 13.1 Å². The van der Waals surface area contributed by atoms with Crippen LogP contribution in [0.4, 0.5) is 5.69 Å². The Morgan fingerprint density at radius 2 is 2.00 bits per heavy atom. The van der Waals surface area contributed by atoms with E-state index in [4.69, 9.17) is 0 Å². The van der Waals surface area contributed by atoms with Crippen LogP contribution in [0.15, 0.2) is 46.8 Å². The lowest BCUT2D eigenvalue weighted by atomic mass is 10.1. The number of anilines is 1. The van der Waals surface area contributed by atoms with Gasteiger partial charge < -0.3 is 15.5 Å². The molecule has 1 aromatic heterocycles. The third kappa shape index (κ3) is 6.49. The van der Waals surface area contributed by atoms with Crippen LogP contribution in [-0.4, -0.2) is 25.0 Å². The fourth-order valence-electron chi connectivity index (χ4n) is 2.96. The quantitative estimate of drug-likeness (QED) is 0.358. The number of aliphatic imine (C=N–C) groups is 1. The van der Waals surface area contributed by atoms with Crippen molar-refractivity contribution < 1.29 is 4.79 Å². The number of rotatable bonds is 6. The Morgan fingerprint density at radius 3 is 2.67 bits per heavy atom. The molecule has 1 saturated heterocycles. The summed E-state index contributed by atoms with van der Waals surface area (Å²) in [4.78, 5) is 19.9. The van der Waals surface area contributed by atoms with Crippen LogP contribution in [-0.2, 0) is 17.9 Å². The van der Waals surface area contributed by atoms with Crippen molar-refractivity contribution in [2.24, 2.45) is 4.99 Å². The summed E-state index contributed by atoms with van der Waals surface area (Å²) in [7, 11) is 0. The zero-order chi connectivity index (χ0) is 18.2. The van der Waals surface area contributed by atoms with E-state index in [2.05, 4.69) is 52.2 Å². The Bertz CT molecular complexity index is 731. The molecule has 3 rings (SSSR count). The van der Waals surface area contributed by atoms with Gasteiger partial charge in [-0.05, 0) is 48.9 Å². The predicted molar refractivity (Wildman–Crippen MR) is 124 cm³/mol. The number of guanidine groups is 1. The summed E-state index contributed by atoms with van der Waals surface area (Å²) in [5, 5.41) is 8.71. The minimum Gasteiger partial charge on any atom is -0.357 e. The van der Waals surface area contributed by atoms with E-state index < -0.39 is 0 Å². The van der Waals surface area contributed by atoms with Crippen molar-refractivity contribution >= 4 is 52.9 Å². The highest BCUT2D eigenvalue weighted by molar-refractivity contribution is 14.0. The van der Waals surface area contributed by atoms with Crippen LogP contribution in [0.1, 0.15) is 36.6 Å². The Balaban J connectivity index is 0.00000261. The van der Waals surface area contributed by atoms with Crippen LogP contribution >= 0.6 is 35.3 Å². The number of hydrogen-bond acceptors (Lipinski definition) is 3. The third-order valence-electron chi connectivity index (χ3n) is 4.35. The molecule has 1 aliphatic rings. The van der Waals surface area contributed by atoms with Crippen molar-refractivity contribution in [1.82, 2.24) is 10.6 Å². The maximum atomic E-state index is 12.0. The molecule has 1 aromatic carbocycles. The number of thiophene rings is 1. The topological polar surface area (TPSA) is 56.7 Å². The standard InChI is InChI=1S/C20H26N4OS.HI/c1-2-21-20(23-15-18-6-5-13-26-18)22-14-16-8-10-17(11-9-16)24-12-4-3-7-19(24)25;/h5-6,8-11,13H,2-4,7,12,14-15H2,1H3,(H2,21,22,23);1H. The highest BCUT2D eigenvalue weighted by Gasteiger charge is 2.19. The van der Waals surface area contributed by atoms with Crippen molar-refractivity contribution in [3.63, 3.8) is 0 Å². The second-order valence-corrected chi connectivity index (χ2v) is 7.33. The summed E-state index contributed by atoms with van der Waals surface area (Å²) in [6, 6.07) is 12.3. The summed E-state index contributed by atoms with van der Waals surface area (Å²) in [6.07, 6.45) is 2.75. The maximum Gasteiger partial charge on any atom is 0.226 e. The summed E-state index contributed by atoms with van der Waals surface area (Å²) in [5.41, 5.74) is 2.12. The van der Waals surface area contributed by atoms with Gasteiger partial charge in [0.1, 0.15) is 0 Å². The zero-order valence-electron chi connectivity index (χ0n) is 15.6.